The second kappa shape index (κ2) is 8.06. The fourth-order valence-corrected chi connectivity index (χ4v) is 1.85. The van der Waals surface area contributed by atoms with E-state index in [4.69, 9.17) is 14.2 Å². The van der Waals surface area contributed by atoms with Crippen LogP contribution in [0.25, 0.3) is 0 Å². The van der Waals surface area contributed by atoms with Crippen LogP contribution in [0.3, 0.4) is 0 Å². The zero-order valence-electron chi connectivity index (χ0n) is 11.8. The van der Waals surface area contributed by atoms with Crippen LogP contribution in [0.5, 0.6) is 0 Å². The van der Waals surface area contributed by atoms with Crippen molar-refractivity contribution in [1.29, 1.82) is 0 Å². The molecule has 3 heteroatoms. The van der Waals surface area contributed by atoms with Crippen molar-refractivity contribution in [3.05, 3.63) is 0 Å². The molecule has 1 saturated heterocycles. The molecule has 0 radical (unpaired) electrons. The third kappa shape index (κ3) is 5.84. The molecule has 0 saturated carbocycles. The van der Waals surface area contributed by atoms with Gasteiger partial charge >= 0.3 is 0 Å². The first-order valence-electron chi connectivity index (χ1n) is 6.94. The molecule has 1 heterocycles. The zero-order valence-corrected chi connectivity index (χ0v) is 11.8. The highest BCUT2D eigenvalue weighted by atomic mass is 16.6. The van der Waals surface area contributed by atoms with Gasteiger partial charge in [0.1, 0.15) is 0 Å². The van der Waals surface area contributed by atoms with Crippen molar-refractivity contribution in [3.63, 3.8) is 0 Å². The summed E-state index contributed by atoms with van der Waals surface area (Å²) in [5.74, 6) is 1.31. The predicted octanol–water partition coefficient (Wildman–Crippen LogP) is 2.88. The molecule has 0 aromatic rings. The first-order valence-corrected chi connectivity index (χ1v) is 6.94. The standard InChI is InChI=1S/C14H28O3/c1-5-15-9-13-6-7-14(17-13)10-16-8-12(4)11(2)3/h11-14H,5-10H2,1-4H3/t12?,13-,14-/m0/s1. The van der Waals surface area contributed by atoms with Gasteiger partial charge < -0.3 is 14.2 Å². The number of hydrogen-bond donors (Lipinski definition) is 0. The van der Waals surface area contributed by atoms with Crippen LogP contribution in [-0.4, -0.2) is 38.6 Å². The quantitative estimate of drug-likeness (QED) is 0.657. The van der Waals surface area contributed by atoms with Gasteiger partial charge in [-0.05, 0) is 31.6 Å². The number of rotatable bonds is 8. The molecule has 1 unspecified atom stereocenters. The van der Waals surface area contributed by atoms with Crippen LogP contribution in [0.1, 0.15) is 40.5 Å². The molecular formula is C14H28O3. The van der Waals surface area contributed by atoms with Crippen LogP contribution >= 0.6 is 0 Å². The van der Waals surface area contributed by atoms with E-state index in [1.807, 2.05) is 6.92 Å². The summed E-state index contributed by atoms with van der Waals surface area (Å²) in [5.41, 5.74) is 0. The first-order chi connectivity index (χ1) is 8.13. The maximum Gasteiger partial charge on any atom is 0.0814 e. The molecule has 17 heavy (non-hydrogen) atoms. The smallest absolute Gasteiger partial charge is 0.0814 e. The van der Waals surface area contributed by atoms with Crippen LogP contribution in [0.2, 0.25) is 0 Å². The minimum Gasteiger partial charge on any atom is -0.379 e. The van der Waals surface area contributed by atoms with Crippen LogP contribution in [0.4, 0.5) is 0 Å². The lowest BCUT2D eigenvalue weighted by Gasteiger charge is -2.18. The summed E-state index contributed by atoms with van der Waals surface area (Å²) in [4.78, 5) is 0. The summed E-state index contributed by atoms with van der Waals surface area (Å²) < 4.78 is 17.0. The van der Waals surface area contributed by atoms with Gasteiger partial charge in [-0.3, -0.25) is 0 Å². The third-order valence-electron chi connectivity index (χ3n) is 3.53. The van der Waals surface area contributed by atoms with Crippen molar-refractivity contribution in [1.82, 2.24) is 0 Å². The van der Waals surface area contributed by atoms with Crippen molar-refractivity contribution < 1.29 is 14.2 Å². The summed E-state index contributed by atoms with van der Waals surface area (Å²) >= 11 is 0. The Labute approximate surface area is 106 Å². The highest BCUT2D eigenvalue weighted by molar-refractivity contribution is 4.73. The Bertz CT molecular complexity index is 194. The zero-order chi connectivity index (χ0) is 12.7. The maximum absolute atomic E-state index is 5.86. The molecule has 0 aromatic carbocycles. The second-order valence-electron chi connectivity index (χ2n) is 5.38. The second-order valence-corrected chi connectivity index (χ2v) is 5.38. The highest BCUT2D eigenvalue weighted by Gasteiger charge is 2.25. The SMILES string of the molecule is CCOC[C@@H]1CC[C@@H](COCC(C)C(C)C)O1. The van der Waals surface area contributed by atoms with Gasteiger partial charge in [0.05, 0.1) is 25.4 Å². The van der Waals surface area contributed by atoms with Gasteiger partial charge in [-0.15, -0.1) is 0 Å². The molecule has 0 N–H and O–H groups in total. The molecule has 0 amide bonds. The minimum absolute atomic E-state index is 0.278. The molecular weight excluding hydrogens is 216 g/mol. The Morgan fingerprint density at radius 1 is 1.06 bits per heavy atom. The lowest BCUT2D eigenvalue weighted by molar-refractivity contribution is -0.0492. The van der Waals surface area contributed by atoms with Gasteiger partial charge in [-0.25, -0.2) is 0 Å². The molecule has 1 aliphatic rings. The molecule has 0 aromatic heterocycles. The summed E-state index contributed by atoms with van der Waals surface area (Å²) in [6.45, 7) is 11.8. The molecule has 1 aliphatic heterocycles. The van der Waals surface area contributed by atoms with E-state index in [2.05, 4.69) is 20.8 Å². The average molecular weight is 244 g/mol. The van der Waals surface area contributed by atoms with Gasteiger partial charge in [0.2, 0.25) is 0 Å². The molecule has 3 nitrogen and oxygen atoms in total. The van der Waals surface area contributed by atoms with Crippen LogP contribution < -0.4 is 0 Å². The van der Waals surface area contributed by atoms with Crippen molar-refractivity contribution in [3.8, 4) is 0 Å². The van der Waals surface area contributed by atoms with E-state index in [1.54, 1.807) is 0 Å². The molecule has 0 spiro atoms. The fraction of sp³-hybridized carbons (Fsp3) is 1.00. The minimum atomic E-state index is 0.278. The summed E-state index contributed by atoms with van der Waals surface area (Å²) in [7, 11) is 0. The first kappa shape index (κ1) is 14.9. The van der Waals surface area contributed by atoms with E-state index < -0.39 is 0 Å². The molecule has 1 fully saturated rings. The van der Waals surface area contributed by atoms with Gasteiger partial charge in [0, 0.05) is 13.2 Å². The topological polar surface area (TPSA) is 27.7 Å². The van der Waals surface area contributed by atoms with E-state index in [-0.39, 0.29) is 12.2 Å². The monoisotopic (exact) mass is 244 g/mol. The number of hydrogen-bond acceptors (Lipinski definition) is 3. The maximum atomic E-state index is 5.86. The van der Waals surface area contributed by atoms with Crippen molar-refractivity contribution in [2.45, 2.75) is 52.7 Å². The molecule has 3 atom stereocenters. The van der Waals surface area contributed by atoms with E-state index in [0.717, 1.165) is 39.3 Å². The van der Waals surface area contributed by atoms with Crippen LogP contribution in [-0.2, 0) is 14.2 Å². The van der Waals surface area contributed by atoms with E-state index >= 15 is 0 Å². The van der Waals surface area contributed by atoms with E-state index in [0.29, 0.717) is 11.8 Å². The largest absolute Gasteiger partial charge is 0.379 e. The van der Waals surface area contributed by atoms with Crippen molar-refractivity contribution >= 4 is 0 Å². The average Bonchev–Trinajstić information content (AvgIpc) is 2.74. The van der Waals surface area contributed by atoms with Crippen LogP contribution in [0.15, 0.2) is 0 Å². The molecule has 0 aliphatic carbocycles. The van der Waals surface area contributed by atoms with Gasteiger partial charge in [-0.1, -0.05) is 20.8 Å². The van der Waals surface area contributed by atoms with Crippen LogP contribution in [0, 0.1) is 11.8 Å². The Morgan fingerprint density at radius 2 is 1.65 bits per heavy atom. The lowest BCUT2D eigenvalue weighted by Crippen LogP contribution is -2.22. The third-order valence-corrected chi connectivity index (χ3v) is 3.53. The Balaban J connectivity index is 2.05. The Morgan fingerprint density at radius 3 is 2.18 bits per heavy atom. The highest BCUT2D eigenvalue weighted by Crippen LogP contribution is 2.20. The number of ether oxygens (including phenoxy) is 3. The van der Waals surface area contributed by atoms with E-state index in [1.165, 1.54) is 0 Å². The van der Waals surface area contributed by atoms with E-state index in [9.17, 15) is 0 Å². The summed E-state index contributed by atoms with van der Waals surface area (Å²) in [5, 5.41) is 0. The molecule has 102 valence electrons. The normalized spacial score (nSPS) is 26.6. The lowest BCUT2D eigenvalue weighted by atomic mass is 9.99. The predicted molar refractivity (Wildman–Crippen MR) is 69.2 cm³/mol. The van der Waals surface area contributed by atoms with Gasteiger partial charge in [0.25, 0.3) is 0 Å². The molecule has 1 rings (SSSR count). The summed E-state index contributed by atoms with van der Waals surface area (Å²) in [6.07, 6.45) is 2.77. The van der Waals surface area contributed by atoms with Gasteiger partial charge in [-0.2, -0.15) is 0 Å². The van der Waals surface area contributed by atoms with Crippen molar-refractivity contribution in [2.75, 3.05) is 26.4 Å². The van der Waals surface area contributed by atoms with Crippen molar-refractivity contribution in [2.24, 2.45) is 11.8 Å². The summed E-state index contributed by atoms with van der Waals surface area (Å²) in [6, 6.07) is 0. The fourth-order valence-electron chi connectivity index (χ4n) is 1.85. The van der Waals surface area contributed by atoms with Gasteiger partial charge in [0.15, 0.2) is 0 Å². The molecule has 0 bridgehead atoms. The Kier molecular flexibility index (Phi) is 7.09. The Hall–Kier alpha value is -0.120.